The molecular formula is C5H11NO7S. The van der Waals surface area contributed by atoms with E-state index in [2.05, 4.69) is 0 Å². The van der Waals surface area contributed by atoms with Gasteiger partial charge in [-0.1, -0.05) is 0 Å². The summed E-state index contributed by atoms with van der Waals surface area (Å²) in [5, 5.41) is 16.0. The summed E-state index contributed by atoms with van der Waals surface area (Å²) in [6.45, 7) is 0. The van der Waals surface area contributed by atoms with Crippen molar-refractivity contribution < 1.29 is 32.8 Å². The van der Waals surface area contributed by atoms with Gasteiger partial charge in [0.25, 0.3) is 10.1 Å². The molecule has 0 heterocycles. The van der Waals surface area contributed by atoms with E-state index < -0.39 is 34.5 Å². The minimum absolute atomic E-state index is 0.532. The molecule has 5 N–H and O–H groups in total. The van der Waals surface area contributed by atoms with Crippen LogP contribution in [0.1, 0.15) is 6.42 Å². The average molecular weight is 229 g/mol. The molecule has 0 saturated heterocycles. The maximum Gasteiger partial charge on any atom is 0.321 e. The molecule has 0 saturated carbocycles. The summed E-state index contributed by atoms with van der Waals surface area (Å²) in [5.74, 6) is -2.50. The van der Waals surface area contributed by atoms with Crippen LogP contribution in [0, 0.1) is 0 Å². The Balaban J connectivity index is 0. The second-order valence-corrected chi connectivity index (χ2v) is 3.74. The quantitative estimate of drug-likeness (QED) is 0.420. The van der Waals surface area contributed by atoms with Crippen molar-refractivity contribution in [2.75, 3.05) is 6.26 Å². The lowest BCUT2D eigenvalue weighted by Crippen LogP contribution is -2.32. The molecule has 9 heteroatoms. The molecule has 8 nitrogen and oxygen atoms in total. The first-order chi connectivity index (χ1) is 6.04. The van der Waals surface area contributed by atoms with E-state index in [1.807, 2.05) is 0 Å². The van der Waals surface area contributed by atoms with Crippen molar-refractivity contribution in [3.05, 3.63) is 0 Å². The second-order valence-electron chi connectivity index (χ2n) is 2.28. The highest BCUT2D eigenvalue weighted by Crippen LogP contribution is 1.86. The normalized spacial score (nSPS) is 12.2. The number of rotatable bonds is 3. The third-order valence-electron chi connectivity index (χ3n) is 0.712. The van der Waals surface area contributed by atoms with E-state index in [-0.39, 0.29) is 0 Å². The van der Waals surface area contributed by atoms with Crippen molar-refractivity contribution in [1.29, 1.82) is 0 Å². The number of nitrogens with two attached hydrogens (primary N) is 1. The minimum Gasteiger partial charge on any atom is -0.481 e. The van der Waals surface area contributed by atoms with Gasteiger partial charge in [0.2, 0.25) is 0 Å². The Labute approximate surface area is 80.1 Å². The molecular weight excluding hydrogens is 218 g/mol. The topological polar surface area (TPSA) is 155 Å². The highest BCUT2D eigenvalue weighted by Gasteiger charge is 2.14. The minimum atomic E-state index is -3.67. The lowest BCUT2D eigenvalue weighted by Gasteiger charge is -1.99. The van der Waals surface area contributed by atoms with Crippen LogP contribution in [0.3, 0.4) is 0 Å². The van der Waals surface area contributed by atoms with E-state index in [9.17, 15) is 18.0 Å². The molecule has 0 aromatic heterocycles. The molecule has 0 aromatic carbocycles. The van der Waals surface area contributed by atoms with Crippen LogP contribution in [0.5, 0.6) is 0 Å². The number of hydrogen-bond acceptors (Lipinski definition) is 5. The Kier molecular flexibility index (Phi) is 6.87. The maximum absolute atomic E-state index is 9.85. The fourth-order valence-corrected chi connectivity index (χ4v) is 0.275. The smallest absolute Gasteiger partial charge is 0.321 e. The Morgan fingerprint density at radius 2 is 1.64 bits per heavy atom. The molecule has 0 radical (unpaired) electrons. The Bertz CT molecular complexity index is 287. The summed E-state index contributed by atoms with van der Waals surface area (Å²) in [7, 11) is -3.67. The number of hydrogen-bond donors (Lipinski definition) is 4. The van der Waals surface area contributed by atoms with Gasteiger partial charge in [-0.15, -0.1) is 0 Å². The monoisotopic (exact) mass is 229 g/mol. The number of carboxylic acids is 2. The van der Waals surface area contributed by atoms with E-state index in [1.165, 1.54) is 0 Å². The molecule has 84 valence electrons. The van der Waals surface area contributed by atoms with Crippen LogP contribution in [-0.4, -0.2) is 47.4 Å². The summed E-state index contributed by atoms with van der Waals surface area (Å²) in [5.41, 5.74) is 4.84. The predicted octanol–water partition coefficient (Wildman–Crippen LogP) is -1.62. The fraction of sp³-hybridized carbons (Fsp3) is 0.600. The molecule has 0 aliphatic carbocycles. The van der Waals surface area contributed by atoms with Crippen molar-refractivity contribution in [2.45, 2.75) is 12.5 Å². The van der Waals surface area contributed by atoms with Gasteiger partial charge in [0, 0.05) is 0 Å². The van der Waals surface area contributed by atoms with Gasteiger partial charge in [-0.05, 0) is 0 Å². The zero-order valence-corrected chi connectivity index (χ0v) is 8.06. The lowest BCUT2D eigenvalue weighted by molar-refractivity contribution is -0.144. The Morgan fingerprint density at radius 1 is 1.36 bits per heavy atom. The van der Waals surface area contributed by atoms with Crippen LogP contribution in [0.25, 0.3) is 0 Å². The number of carboxylic acid groups (broad SMARTS) is 2. The molecule has 0 amide bonds. The highest BCUT2D eigenvalue weighted by molar-refractivity contribution is 7.85. The van der Waals surface area contributed by atoms with Gasteiger partial charge in [0.1, 0.15) is 6.04 Å². The third-order valence-corrected chi connectivity index (χ3v) is 0.712. The van der Waals surface area contributed by atoms with Crippen LogP contribution in [0.4, 0.5) is 0 Å². The number of aliphatic carboxylic acids is 2. The van der Waals surface area contributed by atoms with Crippen molar-refractivity contribution in [2.24, 2.45) is 5.73 Å². The van der Waals surface area contributed by atoms with Crippen molar-refractivity contribution in [1.82, 2.24) is 0 Å². The first-order valence-corrected chi connectivity index (χ1v) is 5.01. The third kappa shape index (κ3) is 22.4. The van der Waals surface area contributed by atoms with Crippen molar-refractivity contribution in [3.8, 4) is 0 Å². The Morgan fingerprint density at radius 3 is 1.71 bits per heavy atom. The van der Waals surface area contributed by atoms with E-state index in [0.29, 0.717) is 6.26 Å². The summed E-state index contributed by atoms with van der Waals surface area (Å²) >= 11 is 0. The van der Waals surface area contributed by atoms with Crippen LogP contribution in [0.2, 0.25) is 0 Å². The second kappa shape index (κ2) is 6.29. The van der Waals surface area contributed by atoms with Crippen LogP contribution in [-0.2, 0) is 19.7 Å². The van der Waals surface area contributed by atoms with E-state index >= 15 is 0 Å². The van der Waals surface area contributed by atoms with Gasteiger partial charge >= 0.3 is 11.9 Å². The Hall–Kier alpha value is -1.19. The zero-order valence-electron chi connectivity index (χ0n) is 7.24. The van der Waals surface area contributed by atoms with Gasteiger partial charge in [-0.2, -0.15) is 8.42 Å². The molecule has 0 aliphatic rings. The van der Waals surface area contributed by atoms with Gasteiger partial charge in [0.15, 0.2) is 0 Å². The van der Waals surface area contributed by atoms with Crippen LogP contribution >= 0.6 is 0 Å². The summed E-state index contributed by atoms with van der Waals surface area (Å²) in [6, 6.07) is -1.29. The fourth-order valence-electron chi connectivity index (χ4n) is 0.275. The summed E-state index contributed by atoms with van der Waals surface area (Å²) in [6.07, 6.45) is 0.183. The lowest BCUT2D eigenvalue weighted by atomic mass is 10.2. The molecule has 0 rings (SSSR count). The first kappa shape index (κ1) is 15.3. The van der Waals surface area contributed by atoms with Crippen molar-refractivity contribution >= 4 is 22.1 Å². The highest BCUT2D eigenvalue weighted by atomic mass is 32.2. The van der Waals surface area contributed by atoms with Crippen LogP contribution < -0.4 is 5.73 Å². The summed E-state index contributed by atoms with van der Waals surface area (Å²) < 4.78 is 25.9. The summed E-state index contributed by atoms with van der Waals surface area (Å²) in [4.78, 5) is 19.6. The van der Waals surface area contributed by atoms with Gasteiger partial charge in [-0.3, -0.25) is 14.1 Å². The van der Waals surface area contributed by atoms with Gasteiger partial charge in [-0.25, -0.2) is 0 Å². The largest absolute Gasteiger partial charge is 0.481 e. The molecule has 0 bridgehead atoms. The average Bonchev–Trinajstić information content (AvgIpc) is 1.80. The standard InChI is InChI=1S/C4H7NO4.CH4O3S/c5-2(4(8)9)1-3(6)7;1-5(2,3)4/h2H,1,5H2,(H,6,7)(H,8,9);1H3,(H,2,3,4). The first-order valence-electron chi connectivity index (χ1n) is 3.16. The molecule has 14 heavy (non-hydrogen) atoms. The van der Waals surface area contributed by atoms with E-state index in [0.717, 1.165) is 0 Å². The zero-order chi connectivity index (χ0) is 11.9. The predicted molar refractivity (Wildman–Crippen MR) is 45.3 cm³/mol. The SMILES string of the molecule is CS(=O)(=O)O.NC(CC(=O)O)C(=O)O. The van der Waals surface area contributed by atoms with Crippen LogP contribution in [0.15, 0.2) is 0 Å². The van der Waals surface area contributed by atoms with E-state index in [4.69, 9.17) is 20.5 Å². The molecule has 1 atom stereocenters. The number of carbonyl (C=O) groups is 2. The molecule has 1 unspecified atom stereocenters. The molecule has 0 spiro atoms. The van der Waals surface area contributed by atoms with Gasteiger partial charge < -0.3 is 15.9 Å². The molecule has 0 aliphatic heterocycles. The van der Waals surface area contributed by atoms with Crippen molar-refractivity contribution in [3.63, 3.8) is 0 Å². The van der Waals surface area contributed by atoms with Gasteiger partial charge in [0.05, 0.1) is 12.7 Å². The molecule has 0 aromatic rings. The maximum atomic E-state index is 9.85. The van der Waals surface area contributed by atoms with E-state index in [1.54, 1.807) is 0 Å². The molecule has 0 fully saturated rings.